The first-order valence-electron chi connectivity index (χ1n) is 8.11. The number of hydrogen-bond acceptors (Lipinski definition) is 2. The van der Waals surface area contributed by atoms with Gasteiger partial charge in [-0.1, -0.05) is 44.2 Å². The van der Waals surface area contributed by atoms with Crippen LogP contribution in [0, 0.1) is 0 Å². The first-order valence-corrected chi connectivity index (χ1v) is 8.11. The summed E-state index contributed by atoms with van der Waals surface area (Å²) in [6.07, 6.45) is 3.35. The number of rotatable bonds is 6. The van der Waals surface area contributed by atoms with Crippen LogP contribution in [0.25, 0.3) is 0 Å². The van der Waals surface area contributed by atoms with E-state index in [0.717, 1.165) is 18.4 Å². The molecule has 0 saturated carbocycles. The van der Waals surface area contributed by atoms with Crippen LogP contribution in [-0.4, -0.2) is 21.9 Å². The van der Waals surface area contributed by atoms with Crippen molar-refractivity contribution in [1.82, 2.24) is 9.47 Å². The second kappa shape index (κ2) is 7.77. The molecule has 0 aliphatic carbocycles. The Kier molecular flexibility index (Phi) is 5.74. The molecule has 0 spiro atoms. The zero-order valence-electron chi connectivity index (χ0n) is 14.0. The highest BCUT2D eigenvalue weighted by Gasteiger charge is 2.24. The fourth-order valence-electron chi connectivity index (χ4n) is 2.80. The predicted octanol–water partition coefficient (Wildman–Crippen LogP) is 3.39. The van der Waals surface area contributed by atoms with Gasteiger partial charge in [-0.15, -0.1) is 0 Å². The van der Waals surface area contributed by atoms with E-state index in [1.807, 2.05) is 35.2 Å². The Labute approximate surface area is 137 Å². The largest absolute Gasteiger partial charge is 0.332 e. The third kappa shape index (κ3) is 3.89. The van der Waals surface area contributed by atoms with Crippen LogP contribution in [0.4, 0.5) is 0 Å². The maximum absolute atomic E-state index is 12.9. The lowest BCUT2D eigenvalue weighted by atomic mass is 10.0. The van der Waals surface area contributed by atoms with Crippen LogP contribution >= 0.6 is 0 Å². The Morgan fingerprint density at radius 1 is 1.17 bits per heavy atom. The lowest BCUT2D eigenvalue weighted by Gasteiger charge is -2.31. The molecule has 1 amide bonds. The maximum atomic E-state index is 12.9. The summed E-state index contributed by atoms with van der Waals surface area (Å²) in [6, 6.07) is 13.2. The number of carbonyl (C=O) groups excluding carboxylic acids is 1. The Bertz CT molecular complexity index is 707. The Hall–Kier alpha value is -2.36. The molecule has 2 aromatic rings. The molecular weight excluding hydrogens is 288 g/mol. The summed E-state index contributed by atoms with van der Waals surface area (Å²) in [6.45, 7) is 4.81. The Morgan fingerprint density at radius 3 is 2.43 bits per heavy atom. The molecule has 0 radical (unpaired) electrons. The molecule has 0 bridgehead atoms. The summed E-state index contributed by atoms with van der Waals surface area (Å²) in [4.78, 5) is 26.7. The van der Waals surface area contributed by atoms with Crippen LogP contribution in [0.3, 0.4) is 0 Å². The third-order valence-corrected chi connectivity index (χ3v) is 4.02. The van der Waals surface area contributed by atoms with Crippen LogP contribution in [-0.2, 0) is 7.05 Å². The van der Waals surface area contributed by atoms with Gasteiger partial charge in [0.15, 0.2) is 0 Å². The summed E-state index contributed by atoms with van der Waals surface area (Å²) in [5, 5.41) is 0. The number of benzene rings is 1. The SMILES string of the molecule is CCCN(C(=O)c1ccn(C)c(=O)c1)C(CC)c1ccccc1. The van der Waals surface area contributed by atoms with Crippen molar-refractivity contribution < 1.29 is 4.79 Å². The van der Waals surface area contributed by atoms with Crippen LogP contribution in [0.5, 0.6) is 0 Å². The number of carbonyl (C=O) groups is 1. The van der Waals surface area contributed by atoms with Gasteiger partial charge in [-0.05, 0) is 24.5 Å². The number of aryl methyl sites for hydroxylation is 1. The normalized spacial score (nSPS) is 12.0. The summed E-state index contributed by atoms with van der Waals surface area (Å²) in [5.74, 6) is -0.0831. The average molecular weight is 312 g/mol. The molecule has 122 valence electrons. The molecule has 1 unspecified atom stereocenters. The van der Waals surface area contributed by atoms with Gasteiger partial charge in [-0.3, -0.25) is 9.59 Å². The van der Waals surface area contributed by atoms with Crippen LogP contribution < -0.4 is 5.56 Å². The minimum atomic E-state index is -0.167. The third-order valence-electron chi connectivity index (χ3n) is 4.02. The van der Waals surface area contributed by atoms with E-state index in [-0.39, 0.29) is 17.5 Å². The van der Waals surface area contributed by atoms with Crippen LogP contribution in [0.1, 0.15) is 48.7 Å². The van der Waals surface area contributed by atoms with Crippen molar-refractivity contribution in [2.75, 3.05) is 6.54 Å². The fourth-order valence-corrected chi connectivity index (χ4v) is 2.80. The predicted molar refractivity (Wildman–Crippen MR) is 92.5 cm³/mol. The van der Waals surface area contributed by atoms with Gasteiger partial charge in [0.1, 0.15) is 0 Å². The van der Waals surface area contributed by atoms with Gasteiger partial charge in [0.2, 0.25) is 0 Å². The molecule has 2 rings (SSSR count). The second-order valence-corrected chi connectivity index (χ2v) is 5.70. The van der Waals surface area contributed by atoms with Gasteiger partial charge < -0.3 is 9.47 Å². The quantitative estimate of drug-likeness (QED) is 0.820. The van der Waals surface area contributed by atoms with E-state index in [1.54, 1.807) is 19.3 Å². The lowest BCUT2D eigenvalue weighted by molar-refractivity contribution is 0.0670. The van der Waals surface area contributed by atoms with Crippen molar-refractivity contribution >= 4 is 5.91 Å². The smallest absolute Gasteiger partial charge is 0.254 e. The molecule has 1 heterocycles. The number of nitrogens with zero attached hydrogens (tertiary/aromatic N) is 2. The molecule has 1 aromatic heterocycles. The highest BCUT2D eigenvalue weighted by molar-refractivity contribution is 5.94. The first-order chi connectivity index (χ1) is 11.1. The van der Waals surface area contributed by atoms with E-state index in [4.69, 9.17) is 0 Å². The lowest BCUT2D eigenvalue weighted by Crippen LogP contribution is -2.36. The molecular formula is C19H24N2O2. The number of aromatic nitrogens is 1. The van der Waals surface area contributed by atoms with E-state index >= 15 is 0 Å². The molecule has 1 aromatic carbocycles. The number of hydrogen-bond donors (Lipinski definition) is 0. The molecule has 1 atom stereocenters. The van der Waals surface area contributed by atoms with Gasteiger partial charge in [-0.25, -0.2) is 0 Å². The van der Waals surface area contributed by atoms with Crippen molar-refractivity contribution in [2.24, 2.45) is 7.05 Å². The van der Waals surface area contributed by atoms with Crippen molar-refractivity contribution in [3.05, 3.63) is 70.1 Å². The van der Waals surface area contributed by atoms with Crippen molar-refractivity contribution in [3.63, 3.8) is 0 Å². The number of pyridine rings is 1. The highest BCUT2D eigenvalue weighted by Crippen LogP contribution is 2.25. The summed E-state index contributed by atoms with van der Waals surface area (Å²) >= 11 is 0. The molecule has 0 N–H and O–H groups in total. The van der Waals surface area contributed by atoms with Crippen molar-refractivity contribution in [3.8, 4) is 0 Å². The summed E-state index contributed by atoms with van der Waals surface area (Å²) in [5.41, 5.74) is 1.41. The van der Waals surface area contributed by atoms with Gasteiger partial charge >= 0.3 is 0 Å². The molecule has 0 aliphatic heterocycles. The molecule has 4 nitrogen and oxygen atoms in total. The fraction of sp³-hybridized carbons (Fsp3) is 0.368. The van der Waals surface area contributed by atoms with E-state index in [0.29, 0.717) is 12.1 Å². The minimum Gasteiger partial charge on any atom is -0.332 e. The zero-order chi connectivity index (χ0) is 16.8. The minimum absolute atomic E-state index is 0.0210. The molecule has 4 heteroatoms. The van der Waals surface area contributed by atoms with Gasteiger partial charge in [0.25, 0.3) is 11.5 Å². The molecule has 0 saturated heterocycles. The van der Waals surface area contributed by atoms with E-state index in [9.17, 15) is 9.59 Å². The van der Waals surface area contributed by atoms with E-state index in [1.165, 1.54) is 10.6 Å². The van der Waals surface area contributed by atoms with Gasteiger partial charge in [0, 0.05) is 31.4 Å². The van der Waals surface area contributed by atoms with Crippen LogP contribution in [0.2, 0.25) is 0 Å². The number of amides is 1. The standard InChI is InChI=1S/C19H24N2O2/c1-4-12-21(17(5-2)15-9-7-6-8-10-15)19(23)16-11-13-20(3)18(22)14-16/h6-11,13-14,17H,4-5,12H2,1-3H3. The van der Waals surface area contributed by atoms with Crippen molar-refractivity contribution in [1.29, 1.82) is 0 Å². The summed E-state index contributed by atoms with van der Waals surface area (Å²) in [7, 11) is 1.68. The first kappa shape index (κ1) is 17.0. The average Bonchev–Trinajstić information content (AvgIpc) is 2.57. The highest BCUT2D eigenvalue weighted by atomic mass is 16.2. The molecule has 0 aliphatic rings. The van der Waals surface area contributed by atoms with Crippen molar-refractivity contribution in [2.45, 2.75) is 32.7 Å². The molecule has 0 fully saturated rings. The monoisotopic (exact) mass is 312 g/mol. The van der Waals surface area contributed by atoms with Gasteiger partial charge in [0.05, 0.1) is 6.04 Å². The molecule has 23 heavy (non-hydrogen) atoms. The summed E-state index contributed by atoms with van der Waals surface area (Å²) < 4.78 is 1.47. The van der Waals surface area contributed by atoms with E-state index < -0.39 is 0 Å². The zero-order valence-corrected chi connectivity index (χ0v) is 14.0. The second-order valence-electron chi connectivity index (χ2n) is 5.70. The van der Waals surface area contributed by atoms with E-state index in [2.05, 4.69) is 13.8 Å². The topological polar surface area (TPSA) is 42.3 Å². The van der Waals surface area contributed by atoms with Crippen LogP contribution in [0.15, 0.2) is 53.5 Å². The Balaban J connectivity index is 2.37. The Morgan fingerprint density at radius 2 is 1.87 bits per heavy atom. The van der Waals surface area contributed by atoms with Gasteiger partial charge in [-0.2, -0.15) is 0 Å². The maximum Gasteiger partial charge on any atom is 0.254 e.